The lowest BCUT2D eigenvalue weighted by atomic mass is 9.75. The van der Waals surface area contributed by atoms with Crippen molar-refractivity contribution in [2.45, 2.75) is 75.2 Å². The first-order chi connectivity index (χ1) is 22.2. The molecule has 9 atom stereocenters. The van der Waals surface area contributed by atoms with E-state index in [9.17, 15) is 0 Å². The molecule has 0 aromatic heterocycles. The molecule has 0 amide bonds. The standard InChI is InChI=1S/C43H44N2/c1-29-20-21-31(30-12-4-2-5-13-30)26-41(29)45-40-19-11-9-17-36(40)38-25-23-33(28-43(38)45)32-22-24-37-35-16-8-10-18-39(35)44(42(37)27-32)34-14-6-3-7-15-34/h3-4,6-14,16-21,23,25-29,34-35,37-39,41-43H,2,5,15,22,24H2,1H3. The molecule has 2 heterocycles. The SMILES string of the molecule is CC1C=CC(C2=CCCC=C2)=CC1N1c2ccccc2C2C=CC(C3=CC4C(CC3)C3C=CC=CC3N4C3C=CC=CC3)=CC21. The second-order valence-corrected chi connectivity index (χ2v) is 14.2. The van der Waals surface area contributed by atoms with Crippen molar-refractivity contribution in [2.75, 3.05) is 4.90 Å². The molecule has 9 rings (SSSR count). The lowest BCUT2D eigenvalue weighted by molar-refractivity contribution is 0.184. The first kappa shape index (κ1) is 27.4. The van der Waals surface area contributed by atoms with Gasteiger partial charge in [0, 0.05) is 35.6 Å². The monoisotopic (exact) mass is 588 g/mol. The summed E-state index contributed by atoms with van der Waals surface area (Å²) < 4.78 is 0. The summed E-state index contributed by atoms with van der Waals surface area (Å²) >= 11 is 0. The predicted octanol–water partition coefficient (Wildman–Crippen LogP) is 9.25. The van der Waals surface area contributed by atoms with Crippen molar-refractivity contribution in [1.82, 2.24) is 4.90 Å². The van der Waals surface area contributed by atoms with E-state index >= 15 is 0 Å². The van der Waals surface area contributed by atoms with Gasteiger partial charge < -0.3 is 4.90 Å². The number of allylic oxidation sites excluding steroid dienone is 13. The predicted molar refractivity (Wildman–Crippen MR) is 188 cm³/mol. The number of hydrogen-bond donors (Lipinski definition) is 0. The minimum Gasteiger partial charge on any atom is -0.357 e. The Bertz CT molecular complexity index is 1710. The summed E-state index contributed by atoms with van der Waals surface area (Å²) in [4.78, 5) is 5.61. The molecule has 1 aromatic rings. The molecule has 1 fully saturated rings. The Morgan fingerprint density at radius 1 is 0.689 bits per heavy atom. The molecular weight excluding hydrogens is 544 g/mol. The van der Waals surface area contributed by atoms with E-state index in [1.165, 1.54) is 40.8 Å². The molecule has 45 heavy (non-hydrogen) atoms. The summed E-state index contributed by atoms with van der Waals surface area (Å²) in [5.41, 5.74) is 8.65. The summed E-state index contributed by atoms with van der Waals surface area (Å²) in [7, 11) is 0. The molecule has 1 saturated heterocycles. The number of anilines is 1. The van der Waals surface area contributed by atoms with Crippen LogP contribution in [0.3, 0.4) is 0 Å². The zero-order valence-corrected chi connectivity index (χ0v) is 26.3. The van der Waals surface area contributed by atoms with Gasteiger partial charge >= 0.3 is 0 Å². The number of fused-ring (bicyclic) bond motifs is 6. The van der Waals surface area contributed by atoms with Crippen LogP contribution in [0, 0.1) is 17.8 Å². The molecule has 2 nitrogen and oxygen atoms in total. The number of rotatable bonds is 4. The quantitative estimate of drug-likeness (QED) is 0.346. The lowest BCUT2D eigenvalue weighted by Gasteiger charge is -2.40. The molecule has 0 radical (unpaired) electrons. The smallest absolute Gasteiger partial charge is 0.0592 e. The second kappa shape index (κ2) is 11.2. The lowest BCUT2D eigenvalue weighted by Crippen LogP contribution is -2.45. The van der Waals surface area contributed by atoms with E-state index in [2.05, 4.69) is 150 Å². The van der Waals surface area contributed by atoms with Crippen molar-refractivity contribution in [3.05, 3.63) is 161 Å². The normalized spacial score (nSPS) is 37.4. The average molecular weight is 589 g/mol. The molecule has 0 bridgehead atoms. The summed E-state index contributed by atoms with van der Waals surface area (Å²) in [5.74, 6) is 2.15. The highest BCUT2D eigenvalue weighted by molar-refractivity contribution is 5.69. The molecule has 0 saturated carbocycles. The van der Waals surface area contributed by atoms with E-state index in [4.69, 9.17) is 0 Å². The number of hydrogen-bond acceptors (Lipinski definition) is 2. The molecule has 0 spiro atoms. The zero-order valence-electron chi connectivity index (χ0n) is 26.3. The number of para-hydroxylation sites is 1. The van der Waals surface area contributed by atoms with Gasteiger partial charge in [-0.2, -0.15) is 0 Å². The van der Waals surface area contributed by atoms with Gasteiger partial charge in [-0.1, -0.05) is 134 Å². The van der Waals surface area contributed by atoms with Crippen LogP contribution in [-0.4, -0.2) is 35.1 Å². The van der Waals surface area contributed by atoms with Gasteiger partial charge in [0.25, 0.3) is 0 Å². The maximum Gasteiger partial charge on any atom is 0.0592 e. The highest BCUT2D eigenvalue weighted by atomic mass is 15.3. The van der Waals surface area contributed by atoms with Crippen LogP contribution in [0.2, 0.25) is 0 Å². The number of benzene rings is 1. The van der Waals surface area contributed by atoms with Crippen LogP contribution < -0.4 is 4.90 Å². The topological polar surface area (TPSA) is 6.48 Å². The van der Waals surface area contributed by atoms with Crippen molar-refractivity contribution in [3.63, 3.8) is 0 Å². The Kier molecular flexibility index (Phi) is 6.81. The Balaban J connectivity index is 1.08. The Morgan fingerprint density at radius 2 is 1.56 bits per heavy atom. The molecule has 2 aliphatic heterocycles. The van der Waals surface area contributed by atoms with Gasteiger partial charge in [-0.05, 0) is 77.9 Å². The number of nitrogens with zero attached hydrogens (tertiary/aromatic N) is 2. The second-order valence-electron chi connectivity index (χ2n) is 14.2. The third-order valence-corrected chi connectivity index (χ3v) is 11.8. The summed E-state index contributed by atoms with van der Waals surface area (Å²) in [5, 5.41) is 0. The minimum absolute atomic E-state index is 0.323. The van der Waals surface area contributed by atoms with Crippen LogP contribution >= 0.6 is 0 Å². The Morgan fingerprint density at radius 3 is 2.44 bits per heavy atom. The third-order valence-electron chi connectivity index (χ3n) is 11.8. The van der Waals surface area contributed by atoms with Crippen LogP contribution in [0.1, 0.15) is 50.5 Å². The van der Waals surface area contributed by atoms with E-state index in [-0.39, 0.29) is 0 Å². The zero-order chi connectivity index (χ0) is 29.9. The van der Waals surface area contributed by atoms with E-state index in [0.29, 0.717) is 53.9 Å². The Hall–Kier alpha value is -3.88. The highest BCUT2D eigenvalue weighted by Gasteiger charge is 2.49. The van der Waals surface area contributed by atoms with Gasteiger partial charge in [0.2, 0.25) is 0 Å². The van der Waals surface area contributed by atoms with E-state index < -0.39 is 0 Å². The fourth-order valence-electron chi connectivity index (χ4n) is 9.67. The van der Waals surface area contributed by atoms with Gasteiger partial charge in [0.15, 0.2) is 0 Å². The molecule has 2 heteroatoms. The molecule has 226 valence electrons. The third kappa shape index (κ3) is 4.56. The first-order valence-corrected chi connectivity index (χ1v) is 17.5. The summed E-state index contributed by atoms with van der Waals surface area (Å²) in [6.07, 6.45) is 49.4. The fraction of sp³-hybridized carbons (Fsp3) is 0.349. The molecule has 9 unspecified atom stereocenters. The maximum atomic E-state index is 2.85. The van der Waals surface area contributed by atoms with Crippen LogP contribution in [0.4, 0.5) is 5.69 Å². The van der Waals surface area contributed by atoms with E-state index in [0.717, 1.165) is 19.3 Å². The van der Waals surface area contributed by atoms with Crippen LogP contribution in [0.15, 0.2) is 156 Å². The highest BCUT2D eigenvalue weighted by Crippen LogP contribution is 2.51. The van der Waals surface area contributed by atoms with Gasteiger partial charge in [-0.25, -0.2) is 0 Å². The molecular formula is C43H44N2. The van der Waals surface area contributed by atoms with Crippen molar-refractivity contribution in [1.29, 1.82) is 0 Å². The van der Waals surface area contributed by atoms with Crippen LogP contribution in [-0.2, 0) is 0 Å². The molecule has 1 aromatic carbocycles. The first-order valence-electron chi connectivity index (χ1n) is 17.5. The van der Waals surface area contributed by atoms with Gasteiger partial charge in [0.05, 0.1) is 12.1 Å². The minimum atomic E-state index is 0.323. The summed E-state index contributed by atoms with van der Waals surface area (Å²) in [6, 6.07) is 11.3. The fourth-order valence-corrected chi connectivity index (χ4v) is 9.67. The van der Waals surface area contributed by atoms with Crippen LogP contribution in [0.5, 0.6) is 0 Å². The van der Waals surface area contributed by atoms with Crippen molar-refractivity contribution >= 4 is 5.69 Å². The molecule has 0 N–H and O–H groups in total. The molecule has 8 aliphatic rings. The van der Waals surface area contributed by atoms with Gasteiger partial charge in [0.1, 0.15) is 0 Å². The van der Waals surface area contributed by atoms with Gasteiger partial charge in [-0.15, -0.1) is 0 Å². The summed E-state index contributed by atoms with van der Waals surface area (Å²) in [6.45, 7) is 2.40. The van der Waals surface area contributed by atoms with Crippen molar-refractivity contribution in [3.8, 4) is 0 Å². The largest absolute Gasteiger partial charge is 0.357 e. The van der Waals surface area contributed by atoms with E-state index in [1.807, 2.05) is 0 Å². The van der Waals surface area contributed by atoms with E-state index in [1.54, 1.807) is 5.57 Å². The average Bonchev–Trinajstić information content (AvgIpc) is 3.61. The maximum absolute atomic E-state index is 2.85. The van der Waals surface area contributed by atoms with Crippen LogP contribution in [0.25, 0.3) is 0 Å². The Labute approximate surface area is 269 Å². The van der Waals surface area contributed by atoms with Gasteiger partial charge in [-0.3, -0.25) is 4.90 Å². The molecule has 6 aliphatic carbocycles. The van der Waals surface area contributed by atoms with Crippen molar-refractivity contribution in [2.24, 2.45) is 17.8 Å². The van der Waals surface area contributed by atoms with Crippen molar-refractivity contribution < 1.29 is 0 Å². The number of likely N-dealkylation sites (tertiary alicyclic amines) is 1.